The molecule has 2 aromatic carbocycles. The minimum atomic E-state index is 0. The van der Waals surface area contributed by atoms with Gasteiger partial charge in [-0.15, -0.1) is 24.0 Å². The quantitative estimate of drug-likeness (QED) is 0.357. The Balaban J connectivity index is 0.00000338. The number of hydrogen-bond donors (Lipinski definition) is 2. The molecule has 26 heavy (non-hydrogen) atoms. The molecule has 0 aromatic heterocycles. The summed E-state index contributed by atoms with van der Waals surface area (Å²) in [5, 5.41) is 6.59. The fourth-order valence-corrected chi connectivity index (χ4v) is 2.58. The Morgan fingerprint density at radius 1 is 0.962 bits per heavy atom. The number of nitrogens with zero attached hydrogens (tertiary/aromatic N) is 1. The van der Waals surface area contributed by atoms with Gasteiger partial charge in [0.25, 0.3) is 0 Å². The van der Waals surface area contributed by atoms with Crippen LogP contribution in [0.2, 0.25) is 0 Å². The van der Waals surface area contributed by atoms with Crippen LogP contribution >= 0.6 is 24.0 Å². The molecule has 142 valence electrons. The van der Waals surface area contributed by atoms with Gasteiger partial charge in [-0.1, -0.05) is 31.2 Å². The smallest absolute Gasteiger partial charge is 0.196 e. The Labute approximate surface area is 173 Å². The molecule has 0 fully saturated rings. The number of benzene rings is 2. The first-order chi connectivity index (χ1) is 12.2. The molecule has 0 bridgehead atoms. The highest BCUT2D eigenvalue weighted by Crippen LogP contribution is 2.29. The van der Waals surface area contributed by atoms with E-state index in [1.165, 1.54) is 11.1 Å². The molecule has 0 heterocycles. The van der Waals surface area contributed by atoms with Crippen LogP contribution in [-0.4, -0.2) is 26.7 Å². The molecular formula is C20H28IN3O2. The van der Waals surface area contributed by atoms with Crippen molar-refractivity contribution < 1.29 is 9.47 Å². The third kappa shape index (κ3) is 6.09. The summed E-state index contributed by atoms with van der Waals surface area (Å²) in [7, 11) is 3.25. The fourth-order valence-electron chi connectivity index (χ4n) is 2.58. The van der Waals surface area contributed by atoms with Gasteiger partial charge in [0, 0.05) is 18.3 Å². The highest BCUT2D eigenvalue weighted by Gasteiger charge is 2.06. The first-order valence-electron chi connectivity index (χ1n) is 8.55. The van der Waals surface area contributed by atoms with Crippen molar-refractivity contribution in [2.45, 2.75) is 26.8 Å². The van der Waals surface area contributed by atoms with Crippen molar-refractivity contribution >= 4 is 35.6 Å². The molecule has 0 aliphatic carbocycles. The molecule has 0 aliphatic rings. The van der Waals surface area contributed by atoms with Crippen LogP contribution in [0.15, 0.2) is 47.5 Å². The number of anilines is 1. The molecule has 0 radical (unpaired) electrons. The van der Waals surface area contributed by atoms with Gasteiger partial charge in [0.15, 0.2) is 17.5 Å². The lowest BCUT2D eigenvalue weighted by atomic mass is 10.1. The van der Waals surface area contributed by atoms with Gasteiger partial charge in [-0.3, -0.25) is 0 Å². The zero-order valence-electron chi connectivity index (χ0n) is 15.8. The maximum absolute atomic E-state index is 5.35. The molecule has 0 aliphatic heterocycles. The third-order valence-electron chi connectivity index (χ3n) is 3.90. The van der Waals surface area contributed by atoms with E-state index >= 15 is 0 Å². The van der Waals surface area contributed by atoms with Crippen molar-refractivity contribution in [2.75, 3.05) is 26.1 Å². The number of halogens is 1. The molecule has 0 spiro atoms. The Hall–Kier alpha value is -1.96. The Morgan fingerprint density at radius 2 is 1.65 bits per heavy atom. The molecule has 0 unspecified atom stereocenters. The van der Waals surface area contributed by atoms with E-state index in [4.69, 9.17) is 14.5 Å². The number of rotatable bonds is 7. The summed E-state index contributed by atoms with van der Waals surface area (Å²) in [5.41, 5.74) is 3.46. The average molecular weight is 469 g/mol. The highest BCUT2D eigenvalue weighted by atomic mass is 127. The number of aryl methyl sites for hydroxylation is 1. The lowest BCUT2D eigenvalue weighted by Gasteiger charge is -2.14. The zero-order valence-corrected chi connectivity index (χ0v) is 18.2. The van der Waals surface area contributed by atoms with Crippen LogP contribution in [0.3, 0.4) is 0 Å². The van der Waals surface area contributed by atoms with Crippen LogP contribution in [0.5, 0.6) is 11.5 Å². The van der Waals surface area contributed by atoms with Crippen molar-refractivity contribution in [2.24, 2.45) is 4.99 Å². The van der Waals surface area contributed by atoms with Gasteiger partial charge in [-0.05, 0) is 36.6 Å². The summed E-state index contributed by atoms with van der Waals surface area (Å²) in [6, 6.07) is 14.1. The van der Waals surface area contributed by atoms with Crippen molar-refractivity contribution in [3.05, 3.63) is 53.6 Å². The van der Waals surface area contributed by atoms with Gasteiger partial charge >= 0.3 is 0 Å². The molecule has 5 nitrogen and oxygen atoms in total. The Morgan fingerprint density at radius 3 is 2.27 bits per heavy atom. The normalized spacial score (nSPS) is 10.7. The van der Waals surface area contributed by atoms with Crippen molar-refractivity contribution in [3.63, 3.8) is 0 Å². The summed E-state index contributed by atoms with van der Waals surface area (Å²) in [5.74, 6) is 2.12. The van der Waals surface area contributed by atoms with E-state index in [-0.39, 0.29) is 24.0 Å². The van der Waals surface area contributed by atoms with Crippen LogP contribution in [0.1, 0.15) is 25.0 Å². The second-order valence-corrected chi connectivity index (χ2v) is 5.51. The molecule has 2 aromatic rings. The first kappa shape index (κ1) is 22.1. The van der Waals surface area contributed by atoms with Crippen LogP contribution in [0.4, 0.5) is 5.69 Å². The number of methoxy groups -OCH3 is 2. The number of ether oxygens (including phenoxy) is 2. The van der Waals surface area contributed by atoms with Crippen LogP contribution in [-0.2, 0) is 13.0 Å². The minimum Gasteiger partial charge on any atom is -0.493 e. The first-order valence-corrected chi connectivity index (χ1v) is 8.55. The van der Waals surface area contributed by atoms with E-state index < -0.39 is 0 Å². The van der Waals surface area contributed by atoms with Crippen LogP contribution in [0.25, 0.3) is 0 Å². The van der Waals surface area contributed by atoms with Crippen LogP contribution < -0.4 is 20.1 Å². The van der Waals surface area contributed by atoms with Crippen molar-refractivity contribution in [3.8, 4) is 11.5 Å². The molecule has 2 N–H and O–H groups in total. The lowest BCUT2D eigenvalue weighted by molar-refractivity contribution is 0.355. The molecular weight excluding hydrogens is 441 g/mol. The largest absolute Gasteiger partial charge is 0.493 e. The van der Waals surface area contributed by atoms with Crippen LogP contribution in [0, 0.1) is 0 Å². The van der Waals surface area contributed by atoms with Crippen molar-refractivity contribution in [1.29, 1.82) is 0 Å². The lowest BCUT2D eigenvalue weighted by Crippen LogP contribution is -2.30. The average Bonchev–Trinajstić information content (AvgIpc) is 2.66. The summed E-state index contributed by atoms with van der Waals surface area (Å²) >= 11 is 0. The van der Waals surface area contributed by atoms with E-state index in [9.17, 15) is 0 Å². The second-order valence-electron chi connectivity index (χ2n) is 5.51. The molecule has 0 atom stereocenters. The number of hydrogen-bond acceptors (Lipinski definition) is 3. The maximum Gasteiger partial charge on any atom is 0.196 e. The molecule has 0 saturated heterocycles. The molecule has 6 heteroatoms. The second kappa shape index (κ2) is 11.6. The Bertz CT molecular complexity index is 720. The van der Waals surface area contributed by atoms with E-state index in [2.05, 4.69) is 41.8 Å². The predicted molar refractivity (Wildman–Crippen MR) is 119 cm³/mol. The Kier molecular flexibility index (Phi) is 9.87. The number of nitrogens with one attached hydrogen (secondary N) is 2. The SMILES string of the molecule is CCNC(=NCc1ccccc1CC)Nc1ccc(OC)c(OC)c1.I. The summed E-state index contributed by atoms with van der Waals surface area (Å²) in [6.07, 6.45) is 1.01. The molecule has 2 rings (SSSR count). The van der Waals surface area contributed by atoms with Gasteiger partial charge in [0.05, 0.1) is 20.8 Å². The minimum absolute atomic E-state index is 0. The zero-order chi connectivity index (χ0) is 18.1. The van der Waals surface area contributed by atoms with Gasteiger partial charge in [-0.2, -0.15) is 0 Å². The number of aliphatic imine (C=N–C) groups is 1. The predicted octanol–water partition coefficient (Wildman–Crippen LogP) is 4.46. The molecule has 0 amide bonds. The number of guanidine groups is 1. The van der Waals surface area contributed by atoms with Gasteiger partial charge in [0.1, 0.15) is 0 Å². The maximum atomic E-state index is 5.35. The standard InChI is InChI=1S/C20H27N3O2.HI/c1-5-15-9-7-8-10-16(15)14-22-20(21-6-2)23-17-11-12-18(24-3)19(13-17)25-4;/h7-13H,5-6,14H2,1-4H3,(H2,21,22,23);1H. The monoisotopic (exact) mass is 469 g/mol. The van der Waals surface area contributed by atoms with E-state index in [0.29, 0.717) is 18.0 Å². The highest BCUT2D eigenvalue weighted by molar-refractivity contribution is 14.0. The third-order valence-corrected chi connectivity index (χ3v) is 3.90. The van der Waals surface area contributed by atoms with E-state index in [0.717, 1.165) is 24.6 Å². The van der Waals surface area contributed by atoms with Gasteiger partial charge in [-0.25, -0.2) is 4.99 Å². The fraction of sp³-hybridized carbons (Fsp3) is 0.350. The molecule has 0 saturated carbocycles. The van der Waals surface area contributed by atoms with Crippen molar-refractivity contribution in [1.82, 2.24) is 5.32 Å². The summed E-state index contributed by atoms with van der Waals surface area (Å²) < 4.78 is 10.6. The summed E-state index contributed by atoms with van der Waals surface area (Å²) in [6.45, 7) is 5.63. The van der Waals surface area contributed by atoms with Gasteiger partial charge in [0.2, 0.25) is 0 Å². The van der Waals surface area contributed by atoms with Gasteiger partial charge < -0.3 is 20.1 Å². The van der Waals surface area contributed by atoms with E-state index in [1.54, 1.807) is 14.2 Å². The summed E-state index contributed by atoms with van der Waals surface area (Å²) in [4.78, 5) is 4.71. The topological polar surface area (TPSA) is 54.9 Å². The van der Waals surface area contributed by atoms with E-state index in [1.807, 2.05) is 25.1 Å².